The predicted molar refractivity (Wildman–Crippen MR) is 57.0 cm³/mol. The minimum absolute atomic E-state index is 0.104. The van der Waals surface area contributed by atoms with Crippen LogP contribution in [-0.4, -0.2) is 40.5 Å². The molecular formula is C11H10N2O3. The Balaban J connectivity index is 3.09. The van der Waals surface area contributed by atoms with E-state index in [1.165, 1.54) is 30.3 Å². The van der Waals surface area contributed by atoms with Crippen LogP contribution in [0, 0.1) is 12.3 Å². The lowest BCUT2D eigenvalue weighted by Crippen LogP contribution is -2.29. The van der Waals surface area contributed by atoms with Crippen molar-refractivity contribution in [1.82, 2.24) is 9.88 Å². The molecule has 5 nitrogen and oxygen atoms in total. The summed E-state index contributed by atoms with van der Waals surface area (Å²) in [6.07, 6.45) is 6.43. The topological polar surface area (TPSA) is 70.5 Å². The minimum Gasteiger partial charge on any atom is -0.478 e. The number of hydrogen-bond donors (Lipinski definition) is 1. The molecule has 0 bridgehead atoms. The van der Waals surface area contributed by atoms with Gasteiger partial charge in [-0.1, -0.05) is 5.92 Å². The average Bonchev–Trinajstić information content (AvgIpc) is 2.28. The molecule has 0 aliphatic heterocycles. The van der Waals surface area contributed by atoms with E-state index in [9.17, 15) is 9.59 Å². The summed E-state index contributed by atoms with van der Waals surface area (Å²) in [5.74, 6) is 0.604. The first-order chi connectivity index (χ1) is 7.57. The molecule has 1 N–H and O–H groups in total. The summed E-state index contributed by atoms with van der Waals surface area (Å²) in [6, 6.07) is 2.79. The van der Waals surface area contributed by atoms with Crippen LogP contribution < -0.4 is 0 Å². The summed E-state index contributed by atoms with van der Waals surface area (Å²) in [5.41, 5.74) is -0.232. The third-order valence-corrected chi connectivity index (χ3v) is 1.92. The molecule has 0 unspecified atom stereocenters. The fourth-order valence-corrected chi connectivity index (χ4v) is 1.14. The highest BCUT2D eigenvalue weighted by Crippen LogP contribution is 2.07. The monoisotopic (exact) mass is 218 g/mol. The van der Waals surface area contributed by atoms with Gasteiger partial charge in [0.15, 0.2) is 0 Å². The highest BCUT2D eigenvalue weighted by molar-refractivity contribution is 6.03. The summed E-state index contributed by atoms with van der Waals surface area (Å²) in [4.78, 5) is 27.6. The zero-order chi connectivity index (χ0) is 12.1. The molecule has 1 amide bonds. The van der Waals surface area contributed by atoms with Gasteiger partial charge in [0, 0.05) is 13.2 Å². The smallest absolute Gasteiger partial charge is 0.338 e. The number of hydrogen-bond acceptors (Lipinski definition) is 3. The van der Waals surface area contributed by atoms with Gasteiger partial charge in [0.2, 0.25) is 0 Å². The van der Waals surface area contributed by atoms with Crippen molar-refractivity contribution in [3.8, 4) is 12.3 Å². The predicted octanol–water partition coefficient (Wildman–Crippen LogP) is 0.485. The SMILES string of the molecule is C#CCN(C)C(=O)c1ncccc1C(=O)O. The number of pyridine rings is 1. The molecule has 5 heteroatoms. The molecule has 0 fully saturated rings. The molecule has 0 aromatic carbocycles. The lowest BCUT2D eigenvalue weighted by atomic mass is 10.2. The highest BCUT2D eigenvalue weighted by Gasteiger charge is 2.19. The molecule has 82 valence electrons. The number of terminal acetylenes is 1. The van der Waals surface area contributed by atoms with Crippen LogP contribution in [0.25, 0.3) is 0 Å². The van der Waals surface area contributed by atoms with Crippen LogP contribution in [0.4, 0.5) is 0 Å². The third kappa shape index (κ3) is 2.36. The van der Waals surface area contributed by atoms with E-state index in [0.717, 1.165) is 0 Å². The van der Waals surface area contributed by atoms with Crippen LogP contribution >= 0.6 is 0 Å². The Bertz CT molecular complexity index is 463. The molecule has 0 spiro atoms. The van der Waals surface area contributed by atoms with Crippen molar-refractivity contribution in [3.63, 3.8) is 0 Å². The molecule has 0 saturated carbocycles. The second-order valence-electron chi connectivity index (χ2n) is 3.07. The zero-order valence-electron chi connectivity index (χ0n) is 8.67. The van der Waals surface area contributed by atoms with E-state index >= 15 is 0 Å². The summed E-state index contributed by atoms with van der Waals surface area (Å²) in [7, 11) is 1.49. The quantitative estimate of drug-likeness (QED) is 0.749. The van der Waals surface area contributed by atoms with Gasteiger partial charge >= 0.3 is 5.97 Å². The van der Waals surface area contributed by atoms with Crippen LogP contribution in [-0.2, 0) is 0 Å². The number of aromatic carboxylic acids is 1. The van der Waals surface area contributed by atoms with Gasteiger partial charge in [0.25, 0.3) is 5.91 Å². The van der Waals surface area contributed by atoms with Gasteiger partial charge in [-0.2, -0.15) is 0 Å². The molecule has 0 aliphatic carbocycles. The number of aromatic nitrogens is 1. The van der Waals surface area contributed by atoms with E-state index in [0.29, 0.717) is 0 Å². The molecule has 1 heterocycles. The lowest BCUT2D eigenvalue weighted by molar-refractivity contribution is 0.0681. The fourth-order valence-electron chi connectivity index (χ4n) is 1.14. The van der Waals surface area contributed by atoms with Gasteiger partial charge < -0.3 is 10.0 Å². The van der Waals surface area contributed by atoms with Crippen molar-refractivity contribution in [1.29, 1.82) is 0 Å². The number of amides is 1. The first kappa shape index (κ1) is 11.7. The van der Waals surface area contributed by atoms with Crippen LogP contribution in [0.1, 0.15) is 20.8 Å². The summed E-state index contributed by atoms with van der Waals surface area (Å²) in [6.45, 7) is 0.106. The van der Waals surface area contributed by atoms with Gasteiger partial charge in [0.1, 0.15) is 5.69 Å². The van der Waals surface area contributed by atoms with Gasteiger partial charge in [-0.3, -0.25) is 9.78 Å². The summed E-state index contributed by atoms with van der Waals surface area (Å²) < 4.78 is 0. The first-order valence-electron chi connectivity index (χ1n) is 4.45. The number of rotatable bonds is 3. The maximum absolute atomic E-state index is 11.8. The van der Waals surface area contributed by atoms with Gasteiger partial charge in [0.05, 0.1) is 12.1 Å². The van der Waals surface area contributed by atoms with Gasteiger partial charge in [-0.15, -0.1) is 6.42 Å². The Morgan fingerprint density at radius 3 is 2.88 bits per heavy atom. The zero-order valence-corrected chi connectivity index (χ0v) is 8.67. The molecule has 0 aliphatic rings. The van der Waals surface area contributed by atoms with Crippen LogP contribution in [0.3, 0.4) is 0 Å². The molecule has 1 aromatic rings. The van der Waals surface area contributed by atoms with E-state index in [1.54, 1.807) is 0 Å². The summed E-state index contributed by atoms with van der Waals surface area (Å²) >= 11 is 0. The van der Waals surface area contributed by atoms with E-state index in [2.05, 4.69) is 10.9 Å². The van der Waals surface area contributed by atoms with Crippen LogP contribution in [0.5, 0.6) is 0 Å². The van der Waals surface area contributed by atoms with Crippen LogP contribution in [0.15, 0.2) is 18.3 Å². The van der Waals surface area contributed by atoms with Crippen molar-refractivity contribution in [2.24, 2.45) is 0 Å². The first-order valence-corrected chi connectivity index (χ1v) is 4.45. The Morgan fingerprint density at radius 2 is 2.31 bits per heavy atom. The maximum Gasteiger partial charge on any atom is 0.338 e. The lowest BCUT2D eigenvalue weighted by Gasteiger charge is -2.14. The molecule has 16 heavy (non-hydrogen) atoms. The number of carboxylic acids is 1. The maximum atomic E-state index is 11.8. The minimum atomic E-state index is -1.19. The molecule has 0 saturated heterocycles. The van der Waals surface area contributed by atoms with Crippen molar-refractivity contribution in [3.05, 3.63) is 29.6 Å². The Kier molecular flexibility index (Phi) is 3.62. The van der Waals surface area contributed by atoms with E-state index < -0.39 is 11.9 Å². The van der Waals surface area contributed by atoms with Gasteiger partial charge in [-0.25, -0.2) is 4.79 Å². The highest BCUT2D eigenvalue weighted by atomic mass is 16.4. The molecule has 0 radical (unpaired) electrons. The summed E-state index contributed by atoms with van der Waals surface area (Å²) in [5, 5.41) is 8.88. The normalized spacial score (nSPS) is 9.25. The van der Waals surface area contributed by atoms with E-state index in [4.69, 9.17) is 11.5 Å². The number of nitrogens with zero attached hydrogens (tertiary/aromatic N) is 2. The number of carbonyl (C=O) groups excluding carboxylic acids is 1. The standard InChI is InChI=1S/C11H10N2O3/c1-3-7-13(2)10(14)9-8(11(15)16)5-4-6-12-9/h1,4-6H,7H2,2H3,(H,15,16). The van der Waals surface area contributed by atoms with E-state index in [-0.39, 0.29) is 17.8 Å². The van der Waals surface area contributed by atoms with E-state index in [1.807, 2.05) is 0 Å². The molecule has 1 aromatic heterocycles. The second-order valence-corrected chi connectivity index (χ2v) is 3.07. The van der Waals surface area contributed by atoms with Crippen molar-refractivity contribution >= 4 is 11.9 Å². The molecule has 0 atom stereocenters. The Hall–Kier alpha value is -2.35. The molecular weight excluding hydrogens is 208 g/mol. The Labute approximate surface area is 92.7 Å². The van der Waals surface area contributed by atoms with Crippen LogP contribution in [0.2, 0.25) is 0 Å². The van der Waals surface area contributed by atoms with Gasteiger partial charge in [-0.05, 0) is 12.1 Å². The third-order valence-electron chi connectivity index (χ3n) is 1.92. The van der Waals surface area contributed by atoms with Crippen molar-refractivity contribution in [2.75, 3.05) is 13.6 Å². The molecule has 1 rings (SSSR count). The fraction of sp³-hybridized carbons (Fsp3) is 0.182. The van der Waals surface area contributed by atoms with Crippen molar-refractivity contribution < 1.29 is 14.7 Å². The second kappa shape index (κ2) is 4.94. The number of carbonyl (C=O) groups is 2. The number of carboxylic acid groups (broad SMARTS) is 1. The average molecular weight is 218 g/mol. The Morgan fingerprint density at radius 1 is 1.62 bits per heavy atom. The largest absolute Gasteiger partial charge is 0.478 e. The van der Waals surface area contributed by atoms with Crippen molar-refractivity contribution in [2.45, 2.75) is 0 Å².